The summed E-state index contributed by atoms with van der Waals surface area (Å²) in [6.07, 6.45) is 61.0. The van der Waals surface area contributed by atoms with Crippen molar-refractivity contribution in [2.24, 2.45) is 11.8 Å². The molecular weight excluding hydrogens is 1290 g/mol. The molecule has 0 fully saturated rings. The molecule has 7 atom stereocenters. The van der Waals surface area contributed by atoms with Crippen molar-refractivity contribution in [3.8, 4) is 0 Å². The van der Waals surface area contributed by atoms with E-state index < -0.39 is 97.5 Å². The highest BCUT2D eigenvalue weighted by atomic mass is 31.2. The van der Waals surface area contributed by atoms with Crippen LogP contribution in [0.4, 0.5) is 0 Å². The lowest BCUT2D eigenvalue weighted by Gasteiger charge is -2.21. The lowest BCUT2D eigenvalue weighted by molar-refractivity contribution is -0.161. The van der Waals surface area contributed by atoms with Gasteiger partial charge >= 0.3 is 39.5 Å². The summed E-state index contributed by atoms with van der Waals surface area (Å²) in [5, 5.41) is 10.6. The second-order valence-corrected chi connectivity index (χ2v) is 32.2. The van der Waals surface area contributed by atoms with Crippen molar-refractivity contribution in [2.45, 2.75) is 439 Å². The van der Waals surface area contributed by atoms with Gasteiger partial charge in [0, 0.05) is 25.7 Å². The average Bonchev–Trinajstić information content (AvgIpc) is 0.974. The molecule has 3 N–H and O–H groups in total. The monoisotopic (exact) mass is 1450 g/mol. The fourth-order valence-electron chi connectivity index (χ4n) is 12.3. The number of carbonyl (C=O) groups excluding carboxylic acids is 4. The third-order valence-corrected chi connectivity index (χ3v) is 21.3. The molecule has 4 unspecified atom stereocenters. The molecule has 0 bridgehead atoms. The zero-order valence-electron chi connectivity index (χ0n) is 64.8. The van der Waals surface area contributed by atoms with Crippen LogP contribution in [0.3, 0.4) is 0 Å². The van der Waals surface area contributed by atoms with E-state index in [-0.39, 0.29) is 25.7 Å². The third kappa shape index (κ3) is 71.5. The number of hydrogen-bond acceptors (Lipinski definition) is 15. The standard InChI is InChI=1S/C80H156O17P2/c1-7-11-13-15-17-19-21-23-24-25-26-27-32-35-39-43-50-56-62-77(82)90-68-75(96-79(84)65-59-53-45-41-37-33-29-28-31-34-38-42-48-54-60-72(5)9-3)70-94-98(86,87)92-66-74(81)67-93-99(88,89)95-71-76(69-91-78(83)63-57-51-47-46-49-55-61-73(6)10-4)97-80(85)64-58-52-44-40-36-30-22-20-18-16-14-12-8-2/h72-76,81H,7-71H2,1-6H3,(H,86,87)(H,88,89)/t72?,73?,74-,75-,76-/m1/s1. The van der Waals surface area contributed by atoms with Gasteiger partial charge in [-0.3, -0.25) is 37.3 Å². The van der Waals surface area contributed by atoms with Crippen LogP contribution in [0.25, 0.3) is 0 Å². The van der Waals surface area contributed by atoms with E-state index in [9.17, 15) is 43.2 Å². The Kier molecular flexibility index (Phi) is 70.3. The fourth-order valence-corrected chi connectivity index (χ4v) is 13.9. The van der Waals surface area contributed by atoms with Crippen molar-refractivity contribution in [1.82, 2.24) is 0 Å². The number of unbranched alkanes of at least 4 members (excludes halogenated alkanes) is 47. The molecule has 0 aromatic rings. The summed E-state index contributed by atoms with van der Waals surface area (Å²) in [5.41, 5.74) is 0. The van der Waals surface area contributed by atoms with Crippen molar-refractivity contribution in [1.29, 1.82) is 0 Å². The van der Waals surface area contributed by atoms with Crippen LogP contribution in [-0.2, 0) is 65.4 Å². The van der Waals surface area contributed by atoms with Crippen LogP contribution in [-0.4, -0.2) is 96.7 Å². The Morgan fingerprint density at radius 2 is 0.485 bits per heavy atom. The molecule has 17 nitrogen and oxygen atoms in total. The molecule has 588 valence electrons. The van der Waals surface area contributed by atoms with Gasteiger partial charge in [-0.15, -0.1) is 0 Å². The Morgan fingerprint density at radius 1 is 0.283 bits per heavy atom. The van der Waals surface area contributed by atoms with Gasteiger partial charge in [-0.05, 0) is 37.5 Å². The second kappa shape index (κ2) is 71.7. The Hall–Kier alpha value is -1.94. The van der Waals surface area contributed by atoms with Crippen molar-refractivity contribution in [3.63, 3.8) is 0 Å². The Morgan fingerprint density at radius 3 is 0.717 bits per heavy atom. The molecule has 0 aliphatic carbocycles. The molecule has 0 aliphatic heterocycles. The van der Waals surface area contributed by atoms with Crippen LogP contribution in [0.2, 0.25) is 0 Å². The molecule has 0 aromatic heterocycles. The summed E-state index contributed by atoms with van der Waals surface area (Å²) in [4.78, 5) is 73.0. The topological polar surface area (TPSA) is 237 Å². The number of hydrogen-bond donors (Lipinski definition) is 3. The zero-order chi connectivity index (χ0) is 72.8. The highest BCUT2D eigenvalue weighted by molar-refractivity contribution is 7.47. The smallest absolute Gasteiger partial charge is 0.462 e. The highest BCUT2D eigenvalue weighted by Gasteiger charge is 2.30. The molecule has 0 amide bonds. The first-order chi connectivity index (χ1) is 47.9. The SMILES string of the molecule is CCCCCCCCCCCCCCCCCCCCC(=O)OC[C@H](COP(=O)(O)OC[C@@H](O)COP(=O)(O)OC[C@@H](COC(=O)CCCCCCCCC(C)CC)OC(=O)CCCCCCCCCCCCCCC)OC(=O)CCCCCCCCCCCCCCCCC(C)CC. The van der Waals surface area contributed by atoms with Gasteiger partial charge in [0.2, 0.25) is 0 Å². The number of aliphatic hydroxyl groups excluding tert-OH is 1. The molecule has 0 radical (unpaired) electrons. The predicted molar refractivity (Wildman–Crippen MR) is 405 cm³/mol. The zero-order valence-corrected chi connectivity index (χ0v) is 66.6. The van der Waals surface area contributed by atoms with Crippen molar-refractivity contribution >= 4 is 39.5 Å². The summed E-state index contributed by atoms with van der Waals surface area (Å²) in [7, 11) is -9.92. The molecule has 0 spiro atoms. The first-order valence-electron chi connectivity index (χ1n) is 41.6. The van der Waals surface area contributed by atoms with Crippen LogP contribution in [0.15, 0.2) is 0 Å². The summed E-state index contributed by atoms with van der Waals surface area (Å²) >= 11 is 0. The Labute approximate surface area is 607 Å². The summed E-state index contributed by atoms with van der Waals surface area (Å²) in [6.45, 7) is 9.64. The molecule has 0 aromatic carbocycles. The first kappa shape index (κ1) is 97.1. The molecule has 0 heterocycles. The number of ether oxygens (including phenoxy) is 4. The minimum atomic E-state index is -4.96. The second-order valence-electron chi connectivity index (χ2n) is 29.3. The molecule has 0 rings (SSSR count). The molecule has 19 heteroatoms. The Balaban J connectivity index is 5.24. The largest absolute Gasteiger partial charge is 0.472 e. The van der Waals surface area contributed by atoms with Crippen LogP contribution in [0, 0.1) is 11.8 Å². The van der Waals surface area contributed by atoms with Gasteiger partial charge in [0.25, 0.3) is 0 Å². The molecule has 0 saturated heterocycles. The first-order valence-corrected chi connectivity index (χ1v) is 44.6. The van der Waals surface area contributed by atoms with E-state index in [1.165, 1.54) is 231 Å². The number of carbonyl (C=O) groups is 4. The maximum Gasteiger partial charge on any atom is 0.472 e. The van der Waals surface area contributed by atoms with E-state index in [1.54, 1.807) is 0 Å². The van der Waals surface area contributed by atoms with E-state index in [1.807, 2.05) is 0 Å². The van der Waals surface area contributed by atoms with E-state index in [0.29, 0.717) is 25.7 Å². The third-order valence-electron chi connectivity index (χ3n) is 19.4. The van der Waals surface area contributed by atoms with Crippen molar-refractivity contribution in [3.05, 3.63) is 0 Å². The molecule has 0 aliphatic rings. The van der Waals surface area contributed by atoms with Gasteiger partial charge in [-0.25, -0.2) is 9.13 Å². The van der Waals surface area contributed by atoms with E-state index in [2.05, 4.69) is 41.5 Å². The fraction of sp³-hybridized carbons (Fsp3) is 0.950. The van der Waals surface area contributed by atoms with Gasteiger partial charge in [-0.2, -0.15) is 0 Å². The van der Waals surface area contributed by atoms with Gasteiger partial charge in [0.1, 0.15) is 19.3 Å². The van der Waals surface area contributed by atoms with Gasteiger partial charge < -0.3 is 33.8 Å². The highest BCUT2D eigenvalue weighted by Crippen LogP contribution is 2.45. The number of esters is 4. The van der Waals surface area contributed by atoms with Crippen LogP contribution in [0.5, 0.6) is 0 Å². The normalized spacial score (nSPS) is 14.5. The minimum absolute atomic E-state index is 0.107. The molecule has 0 saturated carbocycles. The van der Waals surface area contributed by atoms with Gasteiger partial charge in [0.05, 0.1) is 26.4 Å². The van der Waals surface area contributed by atoms with Gasteiger partial charge in [0.15, 0.2) is 12.2 Å². The number of phosphoric acid groups is 2. The number of rotatable bonds is 79. The van der Waals surface area contributed by atoms with Crippen LogP contribution in [0.1, 0.15) is 420 Å². The average molecular weight is 1450 g/mol. The maximum atomic E-state index is 13.1. The lowest BCUT2D eigenvalue weighted by atomic mass is 9.99. The quantitative estimate of drug-likeness (QED) is 0.0222. The summed E-state index contributed by atoms with van der Waals surface area (Å²) in [6, 6.07) is 0. The van der Waals surface area contributed by atoms with Crippen molar-refractivity contribution < 1.29 is 80.2 Å². The molecular formula is C80H156O17P2. The summed E-state index contributed by atoms with van der Waals surface area (Å²) in [5.74, 6) is -0.533. The van der Waals surface area contributed by atoms with Crippen molar-refractivity contribution in [2.75, 3.05) is 39.6 Å². The van der Waals surface area contributed by atoms with Crippen LogP contribution < -0.4 is 0 Å². The number of phosphoric ester groups is 2. The van der Waals surface area contributed by atoms with E-state index >= 15 is 0 Å². The summed E-state index contributed by atoms with van der Waals surface area (Å²) < 4.78 is 68.7. The maximum absolute atomic E-state index is 13.1. The Bertz CT molecular complexity index is 1910. The predicted octanol–water partition coefficient (Wildman–Crippen LogP) is 23.9. The van der Waals surface area contributed by atoms with E-state index in [0.717, 1.165) is 108 Å². The van der Waals surface area contributed by atoms with E-state index in [4.69, 9.17) is 37.0 Å². The lowest BCUT2D eigenvalue weighted by Crippen LogP contribution is -2.30. The van der Waals surface area contributed by atoms with Gasteiger partial charge in [-0.1, -0.05) is 369 Å². The minimum Gasteiger partial charge on any atom is -0.462 e. The number of aliphatic hydroxyl groups is 1. The van der Waals surface area contributed by atoms with Crippen LogP contribution >= 0.6 is 15.6 Å². The molecule has 99 heavy (non-hydrogen) atoms.